The maximum absolute atomic E-state index is 7.46. The van der Waals surface area contributed by atoms with Gasteiger partial charge in [-0.25, -0.2) is 0 Å². The van der Waals surface area contributed by atoms with Crippen LogP contribution in [0.3, 0.4) is 0 Å². The average Bonchev–Trinajstić information content (AvgIpc) is 2.88. The molecular weight excluding hydrogens is 833 g/mol. The van der Waals surface area contributed by atoms with Gasteiger partial charge in [-0.15, -0.1) is 0 Å². The van der Waals surface area contributed by atoms with Crippen LogP contribution < -0.4 is 0 Å². The zero-order valence-electron chi connectivity index (χ0n) is 39.7. The van der Waals surface area contributed by atoms with Crippen LogP contribution in [0.15, 0.2) is 0 Å². The van der Waals surface area contributed by atoms with Crippen molar-refractivity contribution in [2.24, 2.45) is 0 Å². The van der Waals surface area contributed by atoms with Gasteiger partial charge in [0.15, 0.2) is 79.1 Å². The number of hydrogen-bond donors (Lipinski definition) is 0. The first-order chi connectivity index (χ1) is 24.2. The molecule has 0 amide bonds. The van der Waals surface area contributed by atoms with Crippen molar-refractivity contribution in [3.8, 4) is 0 Å². The molecule has 11 nitrogen and oxygen atoms in total. The lowest BCUT2D eigenvalue weighted by atomic mass is 9.97. The molecule has 2 saturated heterocycles. The third-order valence-corrected chi connectivity index (χ3v) is 15.7. The Kier molecular flexibility index (Phi) is 18.2. The molecule has 2 heterocycles. The van der Waals surface area contributed by atoms with Crippen molar-refractivity contribution >= 4 is 66.5 Å². The largest absolute Gasteiger partial charge is 0.415 e. The summed E-state index contributed by atoms with van der Waals surface area (Å²) in [5, 5.41) is 0. The van der Waals surface area contributed by atoms with Gasteiger partial charge in [0.1, 0.15) is 48.8 Å². The van der Waals surface area contributed by atoms with Crippen LogP contribution in [0.25, 0.3) is 0 Å². The van der Waals surface area contributed by atoms with E-state index in [1.165, 1.54) is 0 Å². The van der Waals surface area contributed by atoms with E-state index in [0.29, 0.717) is 13.2 Å². The predicted molar refractivity (Wildman–Crippen MR) is 246 cm³/mol. The minimum absolute atomic E-state index is 0.321. The lowest BCUT2D eigenvalue weighted by Crippen LogP contribution is -2.70. The van der Waals surface area contributed by atoms with Crippen molar-refractivity contribution in [2.45, 2.75) is 219 Å². The van der Waals surface area contributed by atoms with E-state index in [2.05, 4.69) is 157 Å². The van der Waals surface area contributed by atoms with Gasteiger partial charge < -0.3 is 49.6 Å². The Morgan fingerprint density at radius 1 is 0.291 bits per heavy atom. The normalized spacial score (nSPS) is 31.2. The standard InChI is InChI=1S/C36H86O11Si8/c1-48(2,3)37-25-27-29(31(43-51(10,11)12)34(46-54(19,20)21)36(40-27)47-55(22,23)24)41-35-33(45-53(16,17)18)32(44-52(13,14)15)30(42-50(7,8)9)28(39-35)26-38-49(4,5)6/h27-36H,25-26H2,1-24H3/t27-,28-,29-,30-,31+,32+,33-,34-,35+,36+/m0/s1. The first-order valence-corrected chi connectivity index (χ1v) is 47.8. The van der Waals surface area contributed by atoms with E-state index in [9.17, 15) is 0 Å². The van der Waals surface area contributed by atoms with Crippen LogP contribution in [-0.4, -0.2) is 141 Å². The van der Waals surface area contributed by atoms with Crippen LogP contribution in [-0.2, 0) is 49.6 Å². The Balaban J connectivity index is 2.93. The highest BCUT2D eigenvalue weighted by molar-refractivity contribution is 6.72. The molecule has 0 aliphatic carbocycles. The summed E-state index contributed by atoms with van der Waals surface area (Å²) >= 11 is 0. The van der Waals surface area contributed by atoms with Gasteiger partial charge in [-0.3, -0.25) is 0 Å². The van der Waals surface area contributed by atoms with Gasteiger partial charge >= 0.3 is 0 Å². The summed E-state index contributed by atoms with van der Waals surface area (Å²) in [5.74, 6) is 0. The van der Waals surface area contributed by atoms with Crippen molar-refractivity contribution in [3.05, 3.63) is 0 Å². The van der Waals surface area contributed by atoms with Crippen LogP contribution in [0.1, 0.15) is 0 Å². The summed E-state index contributed by atoms with van der Waals surface area (Å²) in [6, 6.07) is 0. The fourth-order valence-corrected chi connectivity index (χ4v) is 13.9. The second-order valence-electron chi connectivity index (χ2n) is 23.2. The molecule has 2 aliphatic heterocycles. The minimum Gasteiger partial charge on any atom is -0.415 e. The highest BCUT2D eigenvalue weighted by Crippen LogP contribution is 2.39. The van der Waals surface area contributed by atoms with Crippen molar-refractivity contribution in [1.82, 2.24) is 0 Å². The Labute approximate surface area is 346 Å². The van der Waals surface area contributed by atoms with Crippen LogP contribution in [0.4, 0.5) is 0 Å². The van der Waals surface area contributed by atoms with Crippen molar-refractivity contribution in [1.29, 1.82) is 0 Å². The number of hydrogen-bond acceptors (Lipinski definition) is 11. The van der Waals surface area contributed by atoms with E-state index >= 15 is 0 Å². The van der Waals surface area contributed by atoms with E-state index in [-0.39, 0.29) is 0 Å². The topological polar surface area (TPSA) is 102 Å². The van der Waals surface area contributed by atoms with E-state index < -0.39 is 128 Å². The molecule has 0 aromatic rings. The SMILES string of the molecule is C[Si](C)(C)OC[C@@H]1O[C@H](O[Si](C)(C)C)[C@@H](O[Si](C)(C)C)[C@H](O[Si](C)(C)C)[C@H]1O[C@H]1O[C@@H](CO[Si](C)(C)C)[C@H](O[Si](C)(C)C)[C@@H](O[Si](C)(C)C)[C@@H]1O[Si](C)(C)C. The van der Waals surface area contributed by atoms with Gasteiger partial charge in [-0.2, -0.15) is 0 Å². The molecule has 0 spiro atoms. The van der Waals surface area contributed by atoms with Crippen molar-refractivity contribution < 1.29 is 49.6 Å². The molecule has 0 N–H and O–H groups in total. The maximum Gasteiger partial charge on any atom is 0.187 e. The van der Waals surface area contributed by atoms with Gasteiger partial charge in [-0.1, -0.05) is 0 Å². The lowest BCUT2D eigenvalue weighted by Gasteiger charge is -2.54. The molecule has 10 atom stereocenters. The third-order valence-electron chi connectivity index (χ3n) is 7.75. The summed E-state index contributed by atoms with van der Waals surface area (Å²) < 4.78 is 77.4. The number of ether oxygens (including phenoxy) is 3. The summed E-state index contributed by atoms with van der Waals surface area (Å²) in [5.41, 5.74) is 0. The molecular formula is C36H86O11Si8. The second kappa shape index (κ2) is 19.1. The highest BCUT2D eigenvalue weighted by Gasteiger charge is 2.57. The first kappa shape index (κ1) is 52.4. The van der Waals surface area contributed by atoms with Gasteiger partial charge in [0.05, 0.1) is 13.2 Å². The predicted octanol–water partition coefficient (Wildman–Crippen LogP) is 9.48. The number of rotatable bonds is 20. The smallest absolute Gasteiger partial charge is 0.187 e. The highest BCUT2D eigenvalue weighted by atomic mass is 28.4. The molecule has 55 heavy (non-hydrogen) atoms. The van der Waals surface area contributed by atoms with E-state index in [1.807, 2.05) is 0 Å². The molecule has 0 saturated carbocycles. The molecule has 2 rings (SSSR count). The van der Waals surface area contributed by atoms with Crippen molar-refractivity contribution in [2.75, 3.05) is 13.2 Å². The summed E-state index contributed by atoms with van der Waals surface area (Å²) in [7, 11) is -17.0. The fraction of sp³-hybridized carbons (Fsp3) is 1.00. The minimum atomic E-state index is -2.23. The molecule has 328 valence electrons. The first-order valence-electron chi connectivity index (χ1n) is 20.5. The molecule has 0 unspecified atom stereocenters. The van der Waals surface area contributed by atoms with Gasteiger partial charge in [0, 0.05) is 0 Å². The van der Waals surface area contributed by atoms with Crippen molar-refractivity contribution in [3.63, 3.8) is 0 Å². The molecule has 19 heteroatoms. The van der Waals surface area contributed by atoms with Gasteiger partial charge in [0.2, 0.25) is 0 Å². The van der Waals surface area contributed by atoms with Crippen LogP contribution in [0.5, 0.6) is 0 Å². The van der Waals surface area contributed by atoms with Crippen LogP contribution >= 0.6 is 0 Å². The van der Waals surface area contributed by atoms with Crippen LogP contribution in [0, 0.1) is 0 Å². The Hall–Kier alpha value is 1.30. The van der Waals surface area contributed by atoms with E-state index in [1.54, 1.807) is 0 Å². The Morgan fingerprint density at radius 3 is 0.909 bits per heavy atom. The Morgan fingerprint density at radius 2 is 0.564 bits per heavy atom. The van der Waals surface area contributed by atoms with E-state index in [4.69, 9.17) is 49.6 Å². The van der Waals surface area contributed by atoms with Gasteiger partial charge in [-0.05, 0) is 157 Å². The van der Waals surface area contributed by atoms with E-state index in [0.717, 1.165) is 0 Å². The summed E-state index contributed by atoms with van der Waals surface area (Å²) in [6.07, 6.45) is -5.61. The Bertz CT molecular complexity index is 1180. The zero-order chi connectivity index (χ0) is 43.0. The summed E-state index contributed by atoms with van der Waals surface area (Å²) in [6.45, 7) is 53.5. The monoisotopic (exact) mass is 918 g/mol. The summed E-state index contributed by atoms with van der Waals surface area (Å²) in [4.78, 5) is 0. The maximum atomic E-state index is 7.46. The zero-order valence-corrected chi connectivity index (χ0v) is 47.7. The van der Waals surface area contributed by atoms with Gasteiger partial charge in [0.25, 0.3) is 0 Å². The molecule has 2 aliphatic rings. The fourth-order valence-electron chi connectivity index (χ4n) is 6.26. The molecule has 0 radical (unpaired) electrons. The third kappa shape index (κ3) is 20.6. The van der Waals surface area contributed by atoms with Crippen LogP contribution in [0.2, 0.25) is 157 Å². The second-order valence-corrected chi connectivity index (χ2v) is 59.0. The molecule has 0 bridgehead atoms. The lowest BCUT2D eigenvalue weighted by molar-refractivity contribution is -0.344. The molecule has 0 aromatic heterocycles. The quantitative estimate of drug-likeness (QED) is 0.109. The molecule has 2 fully saturated rings. The average molecular weight is 920 g/mol. The molecule has 0 aromatic carbocycles.